The summed E-state index contributed by atoms with van der Waals surface area (Å²) in [5.41, 5.74) is 0.887. The average molecular weight is 385 g/mol. The van der Waals surface area contributed by atoms with Crippen molar-refractivity contribution in [2.24, 2.45) is 0 Å². The fraction of sp³-hybridized carbons (Fsp3) is 0.100. The molecule has 144 valence electrons. The lowest BCUT2D eigenvalue weighted by molar-refractivity contribution is 0.102. The Labute approximate surface area is 160 Å². The fourth-order valence-corrected chi connectivity index (χ4v) is 2.41. The van der Waals surface area contributed by atoms with Crippen molar-refractivity contribution >= 4 is 23.1 Å². The number of carbonyl (C=O) groups is 1. The van der Waals surface area contributed by atoms with Crippen LogP contribution < -0.4 is 20.1 Å². The van der Waals surface area contributed by atoms with Crippen molar-refractivity contribution in [3.8, 4) is 11.5 Å². The van der Waals surface area contributed by atoms with Crippen molar-refractivity contribution in [3.05, 3.63) is 71.9 Å². The van der Waals surface area contributed by atoms with Crippen LogP contribution in [0.1, 0.15) is 10.4 Å². The minimum absolute atomic E-state index is 0.0918. The number of anilines is 3. The predicted octanol–water partition coefficient (Wildman–Crippen LogP) is 4.37. The molecule has 8 heteroatoms. The number of amides is 1. The summed E-state index contributed by atoms with van der Waals surface area (Å²) in [6.45, 7) is 0. The molecule has 1 aromatic heterocycles. The minimum Gasteiger partial charge on any atom is -0.497 e. The molecule has 0 saturated heterocycles. The highest BCUT2D eigenvalue weighted by Crippen LogP contribution is 2.24. The zero-order valence-electron chi connectivity index (χ0n) is 15.1. The minimum atomic E-state index is -0.730. The molecule has 28 heavy (non-hydrogen) atoms. The Hall–Kier alpha value is -3.68. The van der Waals surface area contributed by atoms with Crippen LogP contribution in [0.3, 0.4) is 0 Å². The first-order valence-electron chi connectivity index (χ1n) is 8.21. The third kappa shape index (κ3) is 4.53. The molecular weight excluding hydrogens is 368 g/mol. The Bertz CT molecular complexity index is 972. The summed E-state index contributed by atoms with van der Waals surface area (Å²) >= 11 is 0. The molecule has 2 N–H and O–H groups in total. The number of nitrogens with one attached hydrogen (secondary N) is 2. The van der Waals surface area contributed by atoms with Gasteiger partial charge in [0.1, 0.15) is 29.0 Å². The number of hydrogen-bond donors (Lipinski definition) is 2. The van der Waals surface area contributed by atoms with E-state index in [0.717, 1.165) is 12.1 Å². The number of pyridine rings is 1. The second kappa shape index (κ2) is 8.34. The summed E-state index contributed by atoms with van der Waals surface area (Å²) < 4.78 is 37.0. The molecule has 3 rings (SSSR count). The van der Waals surface area contributed by atoms with Crippen molar-refractivity contribution in [2.75, 3.05) is 24.9 Å². The van der Waals surface area contributed by atoms with E-state index in [1.807, 2.05) is 0 Å². The molecular formula is C20H17F2N3O3. The summed E-state index contributed by atoms with van der Waals surface area (Å²) in [5.74, 6) is -0.447. The number of aromatic nitrogens is 1. The molecule has 6 nitrogen and oxygen atoms in total. The second-order valence-electron chi connectivity index (χ2n) is 5.74. The molecule has 1 amide bonds. The van der Waals surface area contributed by atoms with Gasteiger partial charge in [0, 0.05) is 17.7 Å². The van der Waals surface area contributed by atoms with E-state index < -0.39 is 11.6 Å². The van der Waals surface area contributed by atoms with Crippen LogP contribution in [-0.2, 0) is 0 Å². The molecule has 0 aliphatic carbocycles. The number of hydrogen-bond acceptors (Lipinski definition) is 5. The van der Waals surface area contributed by atoms with Gasteiger partial charge in [0.15, 0.2) is 0 Å². The number of rotatable bonds is 6. The highest BCUT2D eigenvalue weighted by molar-refractivity contribution is 6.04. The van der Waals surface area contributed by atoms with Crippen LogP contribution in [0.4, 0.5) is 26.0 Å². The van der Waals surface area contributed by atoms with Gasteiger partial charge in [0.2, 0.25) is 0 Å². The lowest BCUT2D eigenvalue weighted by atomic mass is 10.2. The summed E-state index contributed by atoms with van der Waals surface area (Å²) in [4.78, 5) is 16.6. The summed E-state index contributed by atoms with van der Waals surface area (Å²) in [6.07, 6.45) is 1.42. The molecule has 0 aliphatic rings. The topological polar surface area (TPSA) is 72.5 Å². The lowest BCUT2D eigenvalue weighted by Gasteiger charge is -2.10. The molecule has 0 spiro atoms. The molecule has 2 aromatic carbocycles. The fourth-order valence-electron chi connectivity index (χ4n) is 2.41. The van der Waals surface area contributed by atoms with Gasteiger partial charge >= 0.3 is 0 Å². The Morgan fingerprint density at radius 3 is 2.25 bits per heavy atom. The molecule has 1 heterocycles. The van der Waals surface area contributed by atoms with Gasteiger partial charge in [-0.1, -0.05) is 0 Å². The molecule has 0 fully saturated rings. The molecule has 0 radical (unpaired) electrons. The van der Waals surface area contributed by atoms with Crippen molar-refractivity contribution in [3.63, 3.8) is 0 Å². The number of benzene rings is 2. The zero-order valence-corrected chi connectivity index (χ0v) is 15.1. The second-order valence-corrected chi connectivity index (χ2v) is 5.74. The van der Waals surface area contributed by atoms with Gasteiger partial charge in [0.05, 0.1) is 31.8 Å². The number of ether oxygens (including phenoxy) is 2. The van der Waals surface area contributed by atoms with E-state index >= 15 is 0 Å². The Morgan fingerprint density at radius 2 is 1.68 bits per heavy atom. The number of halogens is 2. The predicted molar refractivity (Wildman–Crippen MR) is 101 cm³/mol. The van der Waals surface area contributed by atoms with Crippen LogP contribution in [0.25, 0.3) is 0 Å². The van der Waals surface area contributed by atoms with Crippen molar-refractivity contribution in [1.82, 2.24) is 4.98 Å². The molecule has 0 atom stereocenters. The number of carbonyl (C=O) groups excluding carboxylic acids is 1. The monoisotopic (exact) mass is 385 g/mol. The number of methoxy groups -OCH3 is 2. The van der Waals surface area contributed by atoms with E-state index in [2.05, 4.69) is 15.6 Å². The van der Waals surface area contributed by atoms with Crippen LogP contribution in [-0.4, -0.2) is 25.1 Å². The highest BCUT2D eigenvalue weighted by atomic mass is 19.1. The summed E-state index contributed by atoms with van der Waals surface area (Å²) in [7, 11) is 2.99. The SMILES string of the molecule is COc1cc(OC)cc(C(=O)Nc2ccc(Nc3ccc(F)cc3F)nc2)c1. The molecule has 3 aromatic rings. The van der Waals surface area contributed by atoms with E-state index in [4.69, 9.17) is 9.47 Å². The van der Waals surface area contributed by atoms with Crippen molar-refractivity contribution < 1.29 is 23.0 Å². The normalized spacial score (nSPS) is 10.3. The van der Waals surface area contributed by atoms with Crippen LogP contribution in [0, 0.1) is 11.6 Å². The third-order valence-electron chi connectivity index (χ3n) is 3.83. The quantitative estimate of drug-likeness (QED) is 0.659. The molecule has 0 unspecified atom stereocenters. The maximum Gasteiger partial charge on any atom is 0.255 e. The summed E-state index contributed by atoms with van der Waals surface area (Å²) in [6, 6.07) is 11.2. The number of nitrogens with zero attached hydrogens (tertiary/aromatic N) is 1. The average Bonchev–Trinajstić information content (AvgIpc) is 2.71. The van der Waals surface area contributed by atoms with Crippen molar-refractivity contribution in [2.45, 2.75) is 0 Å². The van der Waals surface area contributed by atoms with E-state index in [-0.39, 0.29) is 11.6 Å². The maximum absolute atomic E-state index is 13.7. The van der Waals surface area contributed by atoms with Gasteiger partial charge in [-0.05, 0) is 36.4 Å². The molecule has 0 bridgehead atoms. The first kappa shape index (κ1) is 19.1. The Kier molecular flexibility index (Phi) is 5.69. The lowest BCUT2D eigenvalue weighted by Crippen LogP contribution is -2.12. The van der Waals surface area contributed by atoms with Crippen LogP contribution in [0.15, 0.2) is 54.7 Å². The maximum atomic E-state index is 13.7. The van der Waals surface area contributed by atoms with Gasteiger partial charge in [0.25, 0.3) is 5.91 Å². The Morgan fingerprint density at radius 1 is 0.964 bits per heavy atom. The standard InChI is InChI=1S/C20H17F2N3O3/c1-27-15-7-12(8-16(10-15)28-2)20(26)24-14-4-6-19(23-11-14)25-18-5-3-13(21)9-17(18)22/h3-11H,1-2H3,(H,23,25)(H,24,26). The van der Waals surface area contributed by atoms with E-state index in [1.165, 1.54) is 26.5 Å². The first-order valence-corrected chi connectivity index (χ1v) is 8.21. The van der Waals surface area contributed by atoms with E-state index in [0.29, 0.717) is 28.6 Å². The highest BCUT2D eigenvalue weighted by Gasteiger charge is 2.11. The van der Waals surface area contributed by atoms with Gasteiger partial charge in [-0.25, -0.2) is 13.8 Å². The smallest absolute Gasteiger partial charge is 0.255 e. The third-order valence-corrected chi connectivity index (χ3v) is 3.83. The van der Waals surface area contributed by atoms with E-state index in [9.17, 15) is 13.6 Å². The molecule has 0 saturated carbocycles. The first-order chi connectivity index (χ1) is 13.5. The van der Waals surface area contributed by atoms with Crippen LogP contribution in [0.2, 0.25) is 0 Å². The largest absolute Gasteiger partial charge is 0.497 e. The zero-order chi connectivity index (χ0) is 20.1. The van der Waals surface area contributed by atoms with Gasteiger partial charge < -0.3 is 20.1 Å². The van der Waals surface area contributed by atoms with Crippen molar-refractivity contribution in [1.29, 1.82) is 0 Å². The van der Waals surface area contributed by atoms with E-state index in [1.54, 1.807) is 30.3 Å². The molecule has 0 aliphatic heterocycles. The van der Waals surface area contributed by atoms with Gasteiger partial charge in [-0.15, -0.1) is 0 Å². The van der Waals surface area contributed by atoms with Crippen LogP contribution >= 0.6 is 0 Å². The van der Waals surface area contributed by atoms with Gasteiger partial charge in [-0.3, -0.25) is 4.79 Å². The van der Waals surface area contributed by atoms with Gasteiger partial charge in [-0.2, -0.15) is 0 Å². The summed E-state index contributed by atoms with van der Waals surface area (Å²) in [5, 5.41) is 5.45. The van der Waals surface area contributed by atoms with Crippen LogP contribution in [0.5, 0.6) is 11.5 Å². The Balaban J connectivity index is 1.71.